The van der Waals surface area contributed by atoms with Crippen molar-refractivity contribution in [3.63, 3.8) is 0 Å². The zero-order valence-corrected chi connectivity index (χ0v) is 11.7. The molecule has 0 spiro atoms. The second-order valence-electron chi connectivity index (χ2n) is 5.08. The van der Waals surface area contributed by atoms with E-state index >= 15 is 0 Å². The third-order valence-electron chi connectivity index (χ3n) is 3.55. The Bertz CT molecular complexity index is 551. The largest absolute Gasteiger partial charge is 0.456 e. The first kappa shape index (κ1) is 12.9. The number of likely N-dealkylation sites (N-methyl/N-ethyl adjacent to an activating group) is 1. The lowest BCUT2D eigenvalue weighted by atomic mass is 10.3. The molecule has 1 aromatic carbocycles. The fraction of sp³-hybridized carbons (Fsp3) is 0.312. The maximum atomic E-state index is 5.83. The van der Waals surface area contributed by atoms with Gasteiger partial charge in [0.1, 0.15) is 11.5 Å². The van der Waals surface area contributed by atoms with Crippen molar-refractivity contribution in [3.05, 3.63) is 48.8 Å². The van der Waals surface area contributed by atoms with Crippen LogP contribution in [0.3, 0.4) is 0 Å². The number of hydrogen-bond acceptors (Lipinski definition) is 4. The van der Waals surface area contributed by atoms with Crippen LogP contribution in [0, 0.1) is 0 Å². The summed E-state index contributed by atoms with van der Waals surface area (Å²) in [5.41, 5.74) is 1.13. The molecule has 0 N–H and O–H groups in total. The van der Waals surface area contributed by atoms with Crippen LogP contribution in [0.4, 0.5) is 5.69 Å². The van der Waals surface area contributed by atoms with Crippen LogP contribution < -0.4 is 9.64 Å². The third kappa shape index (κ3) is 3.08. The number of piperazine rings is 1. The molecule has 0 amide bonds. The first-order valence-electron chi connectivity index (χ1n) is 6.93. The van der Waals surface area contributed by atoms with Gasteiger partial charge in [-0.15, -0.1) is 0 Å². The minimum absolute atomic E-state index is 0.785. The molecule has 0 aliphatic carbocycles. The number of rotatable bonds is 3. The summed E-state index contributed by atoms with van der Waals surface area (Å²) in [6, 6.07) is 11.9. The molecule has 1 saturated heterocycles. The van der Waals surface area contributed by atoms with E-state index in [4.69, 9.17) is 4.74 Å². The van der Waals surface area contributed by atoms with E-state index in [-0.39, 0.29) is 0 Å². The molecular formula is C16H19N3O. The molecule has 104 valence electrons. The van der Waals surface area contributed by atoms with E-state index < -0.39 is 0 Å². The van der Waals surface area contributed by atoms with E-state index in [0.717, 1.165) is 43.4 Å². The van der Waals surface area contributed by atoms with Crippen LogP contribution in [-0.2, 0) is 0 Å². The fourth-order valence-electron chi connectivity index (χ4n) is 2.33. The maximum Gasteiger partial charge on any atom is 0.147 e. The monoisotopic (exact) mass is 269 g/mol. The lowest BCUT2D eigenvalue weighted by molar-refractivity contribution is 0.312. The summed E-state index contributed by atoms with van der Waals surface area (Å²) >= 11 is 0. The normalized spacial score (nSPS) is 16.1. The maximum absolute atomic E-state index is 5.83. The van der Waals surface area contributed by atoms with Crippen molar-refractivity contribution < 1.29 is 4.74 Å². The first-order valence-corrected chi connectivity index (χ1v) is 6.93. The summed E-state index contributed by atoms with van der Waals surface area (Å²) in [5, 5.41) is 0. The minimum atomic E-state index is 0.785. The molecule has 1 aromatic heterocycles. The summed E-state index contributed by atoms with van der Waals surface area (Å²) in [6.07, 6.45) is 3.66. The second kappa shape index (κ2) is 5.92. The Morgan fingerprint density at radius 3 is 2.45 bits per heavy atom. The van der Waals surface area contributed by atoms with Crippen LogP contribution in [0.1, 0.15) is 0 Å². The summed E-state index contributed by atoms with van der Waals surface area (Å²) < 4.78 is 5.83. The van der Waals surface area contributed by atoms with Gasteiger partial charge in [-0.2, -0.15) is 0 Å². The quantitative estimate of drug-likeness (QED) is 0.856. The first-order chi connectivity index (χ1) is 9.81. The van der Waals surface area contributed by atoms with Crippen LogP contribution in [0.2, 0.25) is 0 Å². The smallest absolute Gasteiger partial charge is 0.147 e. The van der Waals surface area contributed by atoms with Gasteiger partial charge >= 0.3 is 0 Å². The zero-order valence-electron chi connectivity index (χ0n) is 11.7. The highest BCUT2D eigenvalue weighted by atomic mass is 16.5. The standard InChI is InChI=1S/C16H19N3O/c1-18-7-9-19(10-8-18)14-11-16(13-17-12-14)20-15-5-3-2-4-6-15/h2-6,11-13H,7-10H2,1H3. The van der Waals surface area contributed by atoms with Crippen molar-refractivity contribution in [2.75, 3.05) is 38.1 Å². The van der Waals surface area contributed by atoms with Gasteiger partial charge < -0.3 is 14.5 Å². The van der Waals surface area contributed by atoms with E-state index in [2.05, 4.69) is 27.9 Å². The number of para-hydroxylation sites is 1. The second-order valence-corrected chi connectivity index (χ2v) is 5.08. The number of hydrogen-bond donors (Lipinski definition) is 0. The SMILES string of the molecule is CN1CCN(c2cncc(Oc3ccccc3)c2)CC1. The van der Waals surface area contributed by atoms with Crippen LogP contribution in [0.25, 0.3) is 0 Å². The van der Waals surface area contributed by atoms with E-state index in [1.807, 2.05) is 36.5 Å². The summed E-state index contributed by atoms with van der Waals surface area (Å²) in [7, 11) is 2.16. The average molecular weight is 269 g/mol. The molecule has 0 atom stereocenters. The number of benzene rings is 1. The predicted octanol–water partition coefficient (Wildman–Crippen LogP) is 2.63. The Hall–Kier alpha value is -2.07. The number of anilines is 1. The molecule has 3 rings (SSSR count). The van der Waals surface area contributed by atoms with Gasteiger partial charge in [0.15, 0.2) is 0 Å². The Morgan fingerprint density at radius 2 is 1.70 bits per heavy atom. The predicted molar refractivity (Wildman–Crippen MR) is 80.5 cm³/mol. The molecule has 20 heavy (non-hydrogen) atoms. The van der Waals surface area contributed by atoms with E-state index in [1.54, 1.807) is 6.20 Å². The van der Waals surface area contributed by atoms with Crippen molar-refractivity contribution >= 4 is 5.69 Å². The lowest BCUT2D eigenvalue weighted by Crippen LogP contribution is -2.44. The molecule has 2 heterocycles. The fourth-order valence-corrected chi connectivity index (χ4v) is 2.33. The topological polar surface area (TPSA) is 28.6 Å². The van der Waals surface area contributed by atoms with Gasteiger partial charge in [0, 0.05) is 32.2 Å². The third-order valence-corrected chi connectivity index (χ3v) is 3.55. The lowest BCUT2D eigenvalue weighted by Gasteiger charge is -2.33. The molecule has 0 unspecified atom stereocenters. The molecule has 0 bridgehead atoms. The Labute approximate surface area is 119 Å². The summed E-state index contributed by atoms with van der Waals surface area (Å²) in [6.45, 7) is 4.24. The van der Waals surface area contributed by atoms with Gasteiger partial charge in [-0.25, -0.2) is 0 Å². The molecule has 4 nitrogen and oxygen atoms in total. The molecule has 2 aromatic rings. The number of nitrogens with zero attached hydrogens (tertiary/aromatic N) is 3. The van der Waals surface area contributed by atoms with Gasteiger partial charge in [-0.05, 0) is 19.2 Å². The minimum Gasteiger partial charge on any atom is -0.456 e. The number of ether oxygens (including phenoxy) is 1. The number of pyridine rings is 1. The van der Waals surface area contributed by atoms with Crippen LogP contribution in [0.15, 0.2) is 48.8 Å². The van der Waals surface area contributed by atoms with Crippen molar-refractivity contribution in [1.29, 1.82) is 0 Å². The van der Waals surface area contributed by atoms with Crippen molar-refractivity contribution in [3.8, 4) is 11.5 Å². The summed E-state index contributed by atoms with van der Waals surface area (Å²) in [5.74, 6) is 1.62. The van der Waals surface area contributed by atoms with Crippen LogP contribution in [0.5, 0.6) is 11.5 Å². The van der Waals surface area contributed by atoms with Crippen molar-refractivity contribution in [2.24, 2.45) is 0 Å². The zero-order chi connectivity index (χ0) is 13.8. The van der Waals surface area contributed by atoms with E-state index in [0.29, 0.717) is 0 Å². The van der Waals surface area contributed by atoms with E-state index in [1.165, 1.54) is 0 Å². The highest BCUT2D eigenvalue weighted by molar-refractivity contribution is 5.49. The van der Waals surface area contributed by atoms with E-state index in [9.17, 15) is 0 Å². The molecule has 0 saturated carbocycles. The molecular weight excluding hydrogens is 250 g/mol. The highest BCUT2D eigenvalue weighted by Gasteiger charge is 2.15. The van der Waals surface area contributed by atoms with Crippen molar-refractivity contribution in [2.45, 2.75) is 0 Å². The molecule has 0 radical (unpaired) electrons. The molecule has 1 aliphatic rings. The van der Waals surface area contributed by atoms with Gasteiger partial charge in [0.2, 0.25) is 0 Å². The van der Waals surface area contributed by atoms with Gasteiger partial charge in [-0.1, -0.05) is 18.2 Å². The molecule has 4 heteroatoms. The molecule has 1 fully saturated rings. The van der Waals surface area contributed by atoms with Crippen LogP contribution in [-0.4, -0.2) is 43.1 Å². The number of aromatic nitrogens is 1. The van der Waals surface area contributed by atoms with Crippen LogP contribution >= 0.6 is 0 Å². The van der Waals surface area contributed by atoms with Crippen molar-refractivity contribution in [1.82, 2.24) is 9.88 Å². The summed E-state index contributed by atoms with van der Waals surface area (Å²) in [4.78, 5) is 8.99. The average Bonchev–Trinajstić information content (AvgIpc) is 2.49. The Morgan fingerprint density at radius 1 is 0.950 bits per heavy atom. The van der Waals surface area contributed by atoms with Gasteiger partial charge in [0.05, 0.1) is 18.1 Å². The van der Waals surface area contributed by atoms with Gasteiger partial charge in [0.25, 0.3) is 0 Å². The molecule has 1 aliphatic heterocycles. The Balaban J connectivity index is 1.73. The highest BCUT2D eigenvalue weighted by Crippen LogP contribution is 2.25. The Kier molecular flexibility index (Phi) is 3.83. The van der Waals surface area contributed by atoms with Gasteiger partial charge in [-0.3, -0.25) is 4.98 Å².